The zero-order chi connectivity index (χ0) is 12.3. The van der Waals surface area contributed by atoms with E-state index in [2.05, 4.69) is 53.4 Å². The lowest BCUT2D eigenvalue weighted by Crippen LogP contribution is -2.21. The van der Waals surface area contributed by atoms with Crippen molar-refractivity contribution in [1.29, 1.82) is 0 Å². The molecule has 0 atom stereocenters. The van der Waals surface area contributed by atoms with Gasteiger partial charge >= 0.3 is 0 Å². The highest BCUT2D eigenvalue weighted by molar-refractivity contribution is 4.67. The molecule has 0 unspecified atom stereocenters. The zero-order valence-electron chi connectivity index (χ0n) is 12.2. The smallest absolute Gasteiger partial charge is 0.00474 e. The van der Waals surface area contributed by atoms with Gasteiger partial charge in [0.1, 0.15) is 0 Å². The molecule has 0 saturated heterocycles. The molecule has 0 aromatic heterocycles. The van der Waals surface area contributed by atoms with E-state index in [0.29, 0.717) is 5.41 Å². The summed E-state index contributed by atoms with van der Waals surface area (Å²) >= 11 is 0. The Labute approximate surface area is 98.2 Å². The molecule has 0 aliphatic rings. The molecule has 0 aliphatic carbocycles. The Morgan fingerprint density at radius 3 is 0.933 bits per heavy atom. The lowest BCUT2D eigenvalue weighted by molar-refractivity contribution is 0.286. The molecule has 0 aliphatic heterocycles. The summed E-state index contributed by atoms with van der Waals surface area (Å²) in [5.74, 6) is 0. The molecule has 0 amide bonds. The van der Waals surface area contributed by atoms with Crippen molar-refractivity contribution in [3.8, 4) is 0 Å². The monoisotopic (exact) mass is 215 g/mol. The molecule has 0 rings (SSSR count). The van der Waals surface area contributed by atoms with Gasteiger partial charge in [-0.05, 0) is 25.0 Å². The minimum atomic E-state index is 0.625. The quantitative estimate of drug-likeness (QED) is 0.627. The Kier molecular flexibility index (Phi) is 12.1. The Morgan fingerprint density at radius 1 is 0.667 bits per heavy atom. The largest absolute Gasteiger partial charge is 0.304 e. The van der Waals surface area contributed by atoms with Crippen LogP contribution in [0.3, 0.4) is 0 Å². The summed E-state index contributed by atoms with van der Waals surface area (Å²) in [6, 6.07) is 0. The van der Waals surface area contributed by atoms with Gasteiger partial charge in [0, 0.05) is 0 Å². The van der Waals surface area contributed by atoms with Gasteiger partial charge in [-0.3, -0.25) is 0 Å². The predicted molar refractivity (Wildman–Crippen MR) is 72.4 cm³/mol. The van der Waals surface area contributed by atoms with Crippen molar-refractivity contribution >= 4 is 0 Å². The highest BCUT2D eigenvalue weighted by Crippen LogP contribution is 2.28. The lowest BCUT2D eigenvalue weighted by atomic mass is 9.82. The molecular weight excluding hydrogens is 182 g/mol. The summed E-state index contributed by atoms with van der Waals surface area (Å²) in [6.45, 7) is 19.3. The van der Waals surface area contributed by atoms with Crippen LogP contribution in [0.25, 0.3) is 0 Å². The van der Waals surface area contributed by atoms with Gasteiger partial charge in [0.15, 0.2) is 0 Å². The van der Waals surface area contributed by atoms with Crippen LogP contribution in [0.5, 0.6) is 0 Å². The summed E-state index contributed by atoms with van der Waals surface area (Å²) in [5.41, 5.74) is 0.625. The second-order valence-electron chi connectivity index (χ2n) is 4.49. The molecule has 0 heterocycles. The second kappa shape index (κ2) is 10.5. The molecule has 0 saturated carbocycles. The number of hydrogen-bond donors (Lipinski definition) is 0. The number of nitrogens with zero attached hydrogens (tertiary/aromatic N) is 1. The molecule has 0 N–H and O–H groups in total. The Hall–Kier alpha value is -0.0400. The molecule has 0 aromatic carbocycles. The van der Waals surface area contributed by atoms with Crippen LogP contribution in [0.1, 0.15) is 67.7 Å². The lowest BCUT2D eigenvalue weighted by Gasteiger charge is -2.23. The van der Waals surface area contributed by atoms with E-state index < -0.39 is 0 Å². The van der Waals surface area contributed by atoms with Crippen molar-refractivity contribution in [2.45, 2.75) is 67.7 Å². The third-order valence-corrected chi connectivity index (χ3v) is 3.90. The topological polar surface area (TPSA) is 3.24 Å². The van der Waals surface area contributed by atoms with Gasteiger partial charge in [0.05, 0.1) is 0 Å². The summed E-state index contributed by atoms with van der Waals surface area (Å²) in [6.07, 6.45) is 3.96. The first-order valence-electron chi connectivity index (χ1n) is 6.75. The highest BCUT2D eigenvalue weighted by atomic mass is 15.1. The molecule has 0 aromatic rings. The van der Waals surface area contributed by atoms with Crippen LogP contribution in [0.15, 0.2) is 0 Å². The van der Waals surface area contributed by atoms with Gasteiger partial charge in [0.25, 0.3) is 0 Å². The van der Waals surface area contributed by atoms with Crippen LogP contribution in [0.2, 0.25) is 0 Å². The maximum atomic E-state index is 2.38. The fraction of sp³-hybridized carbons (Fsp3) is 1.00. The third kappa shape index (κ3) is 8.92. The first kappa shape index (κ1) is 17.4. The van der Waals surface area contributed by atoms with Crippen molar-refractivity contribution in [1.82, 2.24) is 4.90 Å². The maximum absolute atomic E-state index is 2.38. The molecule has 0 bridgehead atoms. The van der Waals surface area contributed by atoms with E-state index in [1.165, 1.54) is 38.9 Å². The Bertz CT molecular complexity index is 98.7. The number of rotatable bonds is 6. The fourth-order valence-corrected chi connectivity index (χ4v) is 1.42. The van der Waals surface area contributed by atoms with E-state index in [9.17, 15) is 0 Å². The van der Waals surface area contributed by atoms with Crippen molar-refractivity contribution in [3.63, 3.8) is 0 Å². The van der Waals surface area contributed by atoms with Gasteiger partial charge in [-0.2, -0.15) is 0 Å². The SMILES string of the molecule is CCC(C)(CC)CC.CCN(CC)CC. The van der Waals surface area contributed by atoms with Crippen LogP contribution in [0.4, 0.5) is 0 Å². The van der Waals surface area contributed by atoms with E-state index >= 15 is 0 Å². The van der Waals surface area contributed by atoms with Crippen LogP contribution < -0.4 is 0 Å². The Balaban J connectivity index is 0. The van der Waals surface area contributed by atoms with Crippen LogP contribution in [-0.4, -0.2) is 24.5 Å². The maximum Gasteiger partial charge on any atom is -0.00474 e. The molecule has 0 radical (unpaired) electrons. The van der Waals surface area contributed by atoms with Crippen molar-refractivity contribution in [2.24, 2.45) is 5.41 Å². The minimum Gasteiger partial charge on any atom is -0.304 e. The average Bonchev–Trinajstić information content (AvgIpc) is 2.31. The van der Waals surface area contributed by atoms with Crippen LogP contribution in [-0.2, 0) is 0 Å². The molecule has 94 valence electrons. The van der Waals surface area contributed by atoms with Gasteiger partial charge in [-0.1, -0.05) is 67.7 Å². The Morgan fingerprint density at radius 2 is 0.933 bits per heavy atom. The summed E-state index contributed by atoms with van der Waals surface area (Å²) < 4.78 is 0. The van der Waals surface area contributed by atoms with Crippen LogP contribution in [0, 0.1) is 5.41 Å². The van der Waals surface area contributed by atoms with E-state index in [1.807, 2.05) is 0 Å². The van der Waals surface area contributed by atoms with Gasteiger partial charge in [-0.15, -0.1) is 0 Å². The molecule has 1 heteroatoms. The van der Waals surface area contributed by atoms with Crippen molar-refractivity contribution in [3.05, 3.63) is 0 Å². The minimum absolute atomic E-state index is 0.625. The molecule has 0 fully saturated rings. The normalized spacial score (nSPS) is 11.2. The van der Waals surface area contributed by atoms with Gasteiger partial charge in [-0.25, -0.2) is 0 Å². The zero-order valence-corrected chi connectivity index (χ0v) is 12.2. The van der Waals surface area contributed by atoms with Crippen molar-refractivity contribution < 1.29 is 0 Å². The predicted octanol–water partition coefficient (Wildman–Crippen LogP) is 4.57. The first-order chi connectivity index (χ1) is 7.03. The standard InChI is InChI=1S/C8H18.C6H15N/c1-5-8(4,6-2)7-3;1-4-7(5-2)6-3/h5-7H2,1-4H3;4-6H2,1-3H3. The van der Waals surface area contributed by atoms with E-state index in [1.54, 1.807) is 0 Å². The van der Waals surface area contributed by atoms with Crippen molar-refractivity contribution in [2.75, 3.05) is 19.6 Å². The molecule has 1 nitrogen and oxygen atoms in total. The molecule has 15 heavy (non-hydrogen) atoms. The third-order valence-electron chi connectivity index (χ3n) is 3.90. The van der Waals surface area contributed by atoms with Gasteiger partial charge < -0.3 is 4.90 Å². The van der Waals surface area contributed by atoms with Crippen LogP contribution >= 0.6 is 0 Å². The summed E-state index contributed by atoms with van der Waals surface area (Å²) in [5, 5.41) is 0. The fourth-order valence-electron chi connectivity index (χ4n) is 1.42. The summed E-state index contributed by atoms with van der Waals surface area (Å²) in [4.78, 5) is 2.38. The highest BCUT2D eigenvalue weighted by Gasteiger charge is 2.15. The van der Waals surface area contributed by atoms with Gasteiger partial charge in [0.2, 0.25) is 0 Å². The van der Waals surface area contributed by atoms with E-state index in [-0.39, 0.29) is 0 Å². The first-order valence-corrected chi connectivity index (χ1v) is 6.75. The second-order valence-corrected chi connectivity index (χ2v) is 4.49. The molecular formula is C14H33N. The number of hydrogen-bond acceptors (Lipinski definition) is 1. The molecule has 0 spiro atoms. The van der Waals surface area contributed by atoms with E-state index in [0.717, 1.165) is 0 Å². The average molecular weight is 215 g/mol. The summed E-state index contributed by atoms with van der Waals surface area (Å²) in [7, 11) is 0. The van der Waals surface area contributed by atoms with E-state index in [4.69, 9.17) is 0 Å².